The average Bonchev–Trinajstić information content (AvgIpc) is 3.20. The van der Waals surface area contributed by atoms with E-state index in [-0.39, 0.29) is 17.7 Å². The molecular formula is C22H28N2O3. The van der Waals surface area contributed by atoms with Crippen molar-refractivity contribution in [3.05, 3.63) is 60.1 Å². The van der Waals surface area contributed by atoms with E-state index in [1.54, 1.807) is 12.3 Å². The highest BCUT2D eigenvalue weighted by molar-refractivity contribution is 5.88. The van der Waals surface area contributed by atoms with Gasteiger partial charge in [0.25, 0.3) is 0 Å². The zero-order chi connectivity index (χ0) is 19.1. The van der Waals surface area contributed by atoms with Crippen molar-refractivity contribution in [2.45, 2.75) is 51.6 Å². The SMILES string of the molecule is CC1CCC(C(=O)N[C@H](Cc2ccccc2)C(=O)NCc2ccco2)CC1. The van der Waals surface area contributed by atoms with E-state index in [2.05, 4.69) is 17.6 Å². The van der Waals surface area contributed by atoms with Crippen molar-refractivity contribution in [2.24, 2.45) is 11.8 Å². The van der Waals surface area contributed by atoms with E-state index in [1.165, 1.54) is 0 Å². The minimum Gasteiger partial charge on any atom is -0.467 e. The Labute approximate surface area is 160 Å². The second-order valence-electron chi connectivity index (χ2n) is 7.50. The highest BCUT2D eigenvalue weighted by atomic mass is 16.3. The molecule has 144 valence electrons. The molecule has 2 aromatic rings. The van der Waals surface area contributed by atoms with E-state index >= 15 is 0 Å². The molecule has 1 heterocycles. The molecule has 1 saturated carbocycles. The summed E-state index contributed by atoms with van der Waals surface area (Å²) in [5.74, 6) is 1.20. The lowest BCUT2D eigenvalue weighted by Gasteiger charge is -2.27. The van der Waals surface area contributed by atoms with Crippen molar-refractivity contribution < 1.29 is 14.0 Å². The summed E-state index contributed by atoms with van der Waals surface area (Å²) in [5, 5.41) is 5.87. The minimum absolute atomic E-state index is 0.00372. The average molecular weight is 368 g/mol. The van der Waals surface area contributed by atoms with E-state index in [0.717, 1.165) is 31.2 Å². The molecular weight excluding hydrogens is 340 g/mol. The molecule has 0 saturated heterocycles. The normalized spacial score (nSPS) is 20.6. The van der Waals surface area contributed by atoms with Crippen LogP contribution in [0.5, 0.6) is 0 Å². The van der Waals surface area contributed by atoms with Crippen LogP contribution in [0.4, 0.5) is 0 Å². The Morgan fingerprint density at radius 1 is 1.07 bits per heavy atom. The monoisotopic (exact) mass is 368 g/mol. The van der Waals surface area contributed by atoms with Gasteiger partial charge in [0.15, 0.2) is 0 Å². The summed E-state index contributed by atoms with van der Waals surface area (Å²) in [6.07, 6.45) is 6.00. The van der Waals surface area contributed by atoms with Crippen molar-refractivity contribution in [1.29, 1.82) is 0 Å². The first-order valence-electron chi connectivity index (χ1n) is 9.76. The number of carbonyl (C=O) groups excluding carboxylic acids is 2. The molecule has 0 unspecified atom stereocenters. The molecule has 1 atom stereocenters. The molecule has 0 radical (unpaired) electrons. The topological polar surface area (TPSA) is 71.3 Å². The maximum atomic E-state index is 12.7. The summed E-state index contributed by atoms with van der Waals surface area (Å²) in [7, 11) is 0. The van der Waals surface area contributed by atoms with Gasteiger partial charge >= 0.3 is 0 Å². The Morgan fingerprint density at radius 3 is 2.48 bits per heavy atom. The maximum absolute atomic E-state index is 12.7. The van der Waals surface area contributed by atoms with Gasteiger partial charge in [-0.25, -0.2) is 0 Å². The molecule has 5 heteroatoms. The quantitative estimate of drug-likeness (QED) is 0.786. The molecule has 0 spiro atoms. The lowest BCUT2D eigenvalue weighted by molar-refractivity contribution is -0.132. The van der Waals surface area contributed by atoms with Crippen LogP contribution in [0.25, 0.3) is 0 Å². The van der Waals surface area contributed by atoms with Crippen molar-refractivity contribution in [1.82, 2.24) is 10.6 Å². The first kappa shape index (κ1) is 19.2. The first-order valence-corrected chi connectivity index (χ1v) is 9.76. The van der Waals surface area contributed by atoms with E-state index in [4.69, 9.17) is 4.42 Å². The van der Waals surface area contributed by atoms with Gasteiger partial charge in [0.2, 0.25) is 11.8 Å². The zero-order valence-corrected chi connectivity index (χ0v) is 15.8. The summed E-state index contributed by atoms with van der Waals surface area (Å²) in [6, 6.07) is 12.8. The van der Waals surface area contributed by atoms with Gasteiger partial charge < -0.3 is 15.1 Å². The Balaban J connectivity index is 1.63. The van der Waals surface area contributed by atoms with Crippen LogP contribution in [-0.4, -0.2) is 17.9 Å². The molecule has 1 aromatic carbocycles. The van der Waals surface area contributed by atoms with Crippen molar-refractivity contribution in [2.75, 3.05) is 0 Å². The number of nitrogens with one attached hydrogen (secondary N) is 2. The molecule has 1 aliphatic carbocycles. The Bertz CT molecular complexity index is 719. The van der Waals surface area contributed by atoms with Crippen LogP contribution in [0.2, 0.25) is 0 Å². The second kappa shape index (κ2) is 9.40. The van der Waals surface area contributed by atoms with E-state index in [9.17, 15) is 9.59 Å². The van der Waals surface area contributed by atoms with Crippen molar-refractivity contribution in [3.8, 4) is 0 Å². The summed E-state index contributed by atoms with van der Waals surface area (Å²) >= 11 is 0. The third-order valence-electron chi connectivity index (χ3n) is 5.32. The molecule has 3 rings (SSSR count). The van der Waals surface area contributed by atoms with Crippen LogP contribution in [-0.2, 0) is 22.6 Å². The predicted octanol–water partition coefficient (Wildman–Crippen LogP) is 3.45. The highest BCUT2D eigenvalue weighted by Crippen LogP contribution is 2.28. The number of hydrogen-bond donors (Lipinski definition) is 2. The van der Waals surface area contributed by atoms with E-state index in [0.29, 0.717) is 24.6 Å². The van der Waals surface area contributed by atoms with Crippen molar-refractivity contribution in [3.63, 3.8) is 0 Å². The molecule has 1 aliphatic rings. The summed E-state index contributed by atoms with van der Waals surface area (Å²) in [5.41, 5.74) is 1.02. The van der Waals surface area contributed by atoms with Crippen molar-refractivity contribution >= 4 is 11.8 Å². The van der Waals surface area contributed by atoms with Crippen LogP contribution < -0.4 is 10.6 Å². The Hall–Kier alpha value is -2.56. The summed E-state index contributed by atoms with van der Waals surface area (Å²) in [6.45, 7) is 2.54. The predicted molar refractivity (Wildman–Crippen MR) is 104 cm³/mol. The number of hydrogen-bond acceptors (Lipinski definition) is 3. The fraction of sp³-hybridized carbons (Fsp3) is 0.455. The highest BCUT2D eigenvalue weighted by Gasteiger charge is 2.28. The van der Waals surface area contributed by atoms with Crippen LogP contribution in [0.3, 0.4) is 0 Å². The molecule has 27 heavy (non-hydrogen) atoms. The first-order chi connectivity index (χ1) is 13.1. The molecule has 2 amide bonds. The number of amides is 2. The minimum atomic E-state index is -0.589. The van der Waals surface area contributed by atoms with Gasteiger partial charge in [0, 0.05) is 12.3 Å². The molecule has 0 aliphatic heterocycles. The van der Waals surface area contributed by atoms with Crippen LogP contribution >= 0.6 is 0 Å². The second-order valence-corrected chi connectivity index (χ2v) is 7.50. The lowest BCUT2D eigenvalue weighted by atomic mass is 9.82. The molecule has 1 fully saturated rings. The van der Waals surface area contributed by atoms with Crippen LogP contribution in [0.15, 0.2) is 53.1 Å². The van der Waals surface area contributed by atoms with Gasteiger partial charge in [0.05, 0.1) is 12.8 Å². The number of rotatable bonds is 7. The van der Waals surface area contributed by atoms with Gasteiger partial charge in [-0.2, -0.15) is 0 Å². The van der Waals surface area contributed by atoms with E-state index in [1.807, 2.05) is 36.4 Å². The third kappa shape index (κ3) is 5.71. The molecule has 2 N–H and O–H groups in total. The van der Waals surface area contributed by atoms with E-state index < -0.39 is 6.04 Å². The van der Waals surface area contributed by atoms with Gasteiger partial charge in [-0.3, -0.25) is 9.59 Å². The Morgan fingerprint density at radius 2 is 1.81 bits per heavy atom. The molecule has 5 nitrogen and oxygen atoms in total. The third-order valence-corrected chi connectivity index (χ3v) is 5.32. The van der Waals surface area contributed by atoms with Crippen LogP contribution in [0, 0.1) is 11.8 Å². The van der Waals surface area contributed by atoms with Crippen LogP contribution in [0.1, 0.15) is 43.9 Å². The molecule has 1 aromatic heterocycles. The maximum Gasteiger partial charge on any atom is 0.243 e. The Kier molecular flexibility index (Phi) is 6.69. The van der Waals surface area contributed by atoms with Gasteiger partial charge in [-0.05, 0) is 49.3 Å². The zero-order valence-electron chi connectivity index (χ0n) is 15.8. The number of benzene rings is 1. The van der Waals surface area contributed by atoms with Gasteiger partial charge in [-0.15, -0.1) is 0 Å². The summed E-state index contributed by atoms with van der Waals surface area (Å²) < 4.78 is 5.27. The fourth-order valence-electron chi connectivity index (χ4n) is 3.58. The largest absolute Gasteiger partial charge is 0.467 e. The van der Waals surface area contributed by atoms with Gasteiger partial charge in [-0.1, -0.05) is 37.3 Å². The fourth-order valence-corrected chi connectivity index (χ4v) is 3.58. The van der Waals surface area contributed by atoms with Gasteiger partial charge in [0.1, 0.15) is 11.8 Å². The molecule has 0 bridgehead atoms. The summed E-state index contributed by atoms with van der Waals surface area (Å²) in [4.78, 5) is 25.5. The smallest absolute Gasteiger partial charge is 0.243 e. The number of carbonyl (C=O) groups is 2. The number of furan rings is 1. The lowest BCUT2D eigenvalue weighted by Crippen LogP contribution is -2.49. The standard InChI is InChI=1S/C22H28N2O3/c1-16-9-11-18(12-10-16)21(25)24-20(14-17-6-3-2-4-7-17)22(26)23-15-19-8-5-13-27-19/h2-8,13,16,18,20H,9-12,14-15H2,1H3,(H,23,26)(H,24,25)/t16?,18?,20-/m1/s1.